The Hall–Kier alpha value is -3.03. The van der Waals surface area contributed by atoms with Crippen LogP contribution in [-0.4, -0.2) is 43.6 Å². The van der Waals surface area contributed by atoms with Crippen molar-refractivity contribution < 1.29 is 19.0 Å². The zero-order valence-corrected chi connectivity index (χ0v) is 14.9. The maximum atomic E-state index is 12.0. The molecule has 134 valence electrons. The van der Waals surface area contributed by atoms with E-state index in [9.17, 15) is 4.79 Å². The van der Waals surface area contributed by atoms with Crippen LogP contribution in [0.5, 0.6) is 17.2 Å². The summed E-state index contributed by atoms with van der Waals surface area (Å²) in [5, 5.41) is 10.7. The normalized spacial score (nSPS) is 11.0. The highest BCUT2D eigenvalue weighted by atomic mass is 16.5. The molecule has 0 radical (unpaired) electrons. The monoisotopic (exact) mass is 346 g/mol. The number of hydrogen-bond acceptors (Lipinski definition) is 6. The Bertz CT molecular complexity index is 743. The second-order valence-corrected chi connectivity index (χ2v) is 5.52. The number of nitrogens with one attached hydrogen (secondary N) is 2. The number of aromatic nitrogens is 2. The molecule has 2 N–H and O–H groups in total. The fraction of sp³-hybridized carbons (Fsp3) is 0.353. The Morgan fingerprint density at radius 3 is 2.28 bits per heavy atom. The number of benzene rings is 1. The van der Waals surface area contributed by atoms with Crippen LogP contribution in [-0.2, 0) is 0 Å². The number of carbonyl (C=O) groups is 1. The number of hydrazone groups is 1. The molecule has 1 heterocycles. The summed E-state index contributed by atoms with van der Waals surface area (Å²) in [6, 6.07) is 5.15. The van der Waals surface area contributed by atoms with Crippen molar-refractivity contribution in [2.45, 2.75) is 19.8 Å². The highest BCUT2D eigenvalue weighted by molar-refractivity contribution is 5.93. The number of H-pyrrole nitrogens is 1. The van der Waals surface area contributed by atoms with E-state index in [1.54, 1.807) is 18.2 Å². The first-order valence-electron chi connectivity index (χ1n) is 7.68. The third-order valence-corrected chi connectivity index (χ3v) is 3.52. The van der Waals surface area contributed by atoms with Crippen molar-refractivity contribution in [3.63, 3.8) is 0 Å². The van der Waals surface area contributed by atoms with Crippen LogP contribution in [0.3, 0.4) is 0 Å². The van der Waals surface area contributed by atoms with E-state index in [1.807, 2.05) is 13.8 Å². The van der Waals surface area contributed by atoms with Gasteiger partial charge in [-0.05, 0) is 24.1 Å². The summed E-state index contributed by atoms with van der Waals surface area (Å²) in [6.07, 6.45) is 1.48. The number of carbonyl (C=O) groups excluding carboxylic acids is 1. The van der Waals surface area contributed by atoms with Crippen molar-refractivity contribution in [1.29, 1.82) is 0 Å². The first-order chi connectivity index (χ1) is 12.0. The molecule has 8 nitrogen and oxygen atoms in total. The third-order valence-electron chi connectivity index (χ3n) is 3.52. The molecule has 25 heavy (non-hydrogen) atoms. The van der Waals surface area contributed by atoms with Gasteiger partial charge in [-0.25, -0.2) is 5.43 Å². The largest absolute Gasteiger partial charge is 0.493 e. The van der Waals surface area contributed by atoms with Crippen LogP contribution in [0.2, 0.25) is 0 Å². The summed E-state index contributed by atoms with van der Waals surface area (Å²) in [5.74, 6) is 1.36. The Balaban J connectivity index is 2.12. The van der Waals surface area contributed by atoms with Gasteiger partial charge in [0, 0.05) is 11.3 Å². The quantitative estimate of drug-likeness (QED) is 0.592. The van der Waals surface area contributed by atoms with Gasteiger partial charge in [0.05, 0.1) is 27.5 Å². The van der Waals surface area contributed by atoms with Gasteiger partial charge < -0.3 is 14.2 Å². The lowest BCUT2D eigenvalue weighted by molar-refractivity contribution is 0.0950. The van der Waals surface area contributed by atoms with Gasteiger partial charge in [0.1, 0.15) is 0 Å². The summed E-state index contributed by atoms with van der Waals surface area (Å²) < 4.78 is 15.8. The van der Waals surface area contributed by atoms with Crippen molar-refractivity contribution in [3.8, 4) is 17.2 Å². The SMILES string of the molecule is COc1cc(/C=N/NC(=O)c2cc(C(C)C)[nH]n2)cc(OC)c1OC. The molecule has 0 saturated heterocycles. The molecule has 1 amide bonds. The molecular formula is C17H22N4O4. The second-order valence-electron chi connectivity index (χ2n) is 5.52. The number of ether oxygens (including phenoxy) is 3. The van der Waals surface area contributed by atoms with Crippen LogP contribution in [0.1, 0.15) is 41.5 Å². The van der Waals surface area contributed by atoms with Crippen molar-refractivity contribution in [2.24, 2.45) is 5.10 Å². The molecular weight excluding hydrogens is 324 g/mol. The smallest absolute Gasteiger partial charge is 0.291 e. The van der Waals surface area contributed by atoms with Crippen LogP contribution in [0.25, 0.3) is 0 Å². The molecule has 1 aromatic carbocycles. The van der Waals surface area contributed by atoms with E-state index >= 15 is 0 Å². The first-order valence-corrected chi connectivity index (χ1v) is 7.68. The van der Waals surface area contributed by atoms with E-state index in [0.29, 0.717) is 22.8 Å². The summed E-state index contributed by atoms with van der Waals surface area (Å²) in [7, 11) is 4.59. The van der Waals surface area contributed by atoms with Gasteiger partial charge in [0.25, 0.3) is 5.91 Å². The van der Waals surface area contributed by atoms with Gasteiger partial charge >= 0.3 is 0 Å². The van der Waals surface area contributed by atoms with E-state index in [2.05, 4.69) is 20.7 Å². The number of methoxy groups -OCH3 is 3. The van der Waals surface area contributed by atoms with Crippen LogP contribution < -0.4 is 19.6 Å². The van der Waals surface area contributed by atoms with Crippen molar-refractivity contribution in [1.82, 2.24) is 15.6 Å². The van der Waals surface area contributed by atoms with Crippen molar-refractivity contribution in [3.05, 3.63) is 35.2 Å². The van der Waals surface area contributed by atoms with E-state index in [-0.39, 0.29) is 11.6 Å². The van der Waals surface area contributed by atoms with Gasteiger partial charge in [-0.15, -0.1) is 0 Å². The third kappa shape index (κ3) is 4.28. The molecule has 0 spiro atoms. The second kappa shape index (κ2) is 8.18. The number of nitrogens with zero attached hydrogens (tertiary/aromatic N) is 2. The van der Waals surface area contributed by atoms with Gasteiger partial charge in [0.15, 0.2) is 17.2 Å². The molecule has 0 aliphatic carbocycles. The van der Waals surface area contributed by atoms with Gasteiger partial charge in [0.2, 0.25) is 5.75 Å². The molecule has 0 bridgehead atoms. The Morgan fingerprint density at radius 1 is 1.16 bits per heavy atom. The summed E-state index contributed by atoms with van der Waals surface area (Å²) in [6.45, 7) is 4.02. The Kier molecular flexibility index (Phi) is 5.99. The Labute approximate surface area is 146 Å². The maximum absolute atomic E-state index is 12.0. The molecule has 0 unspecified atom stereocenters. The highest BCUT2D eigenvalue weighted by Crippen LogP contribution is 2.37. The Morgan fingerprint density at radius 2 is 1.80 bits per heavy atom. The maximum Gasteiger partial charge on any atom is 0.291 e. The minimum absolute atomic E-state index is 0.261. The van der Waals surface area contributed by atoms with Crippen molar-refractivity contribution in [2.75, 3.05) is 21.3 Å². The standard InChI is InChI=1S/C17H22N4O4/c1-10(2)12-8-13(20-19-12)17(22)21-18-9-11-6-14(23-3)16(25-5)15(7-11)24-4/h6-10H,1-5H3,(H,19,20)(H,21,22)/b18-9+. The van der Waals surface area contributed by atoms with Crippen LogP contribution in [0.15, 0.2) is 23.3 Å². The lowest BCUT2D eigenvalue weighted by Crippen LogP contribution is -2.18. The number of hydrogen-bond donors (Lipinski definition) is 2. The average molecular weight is 346 g/mol. The lowest BCUT2D eigenvalue weighted by atomic mass is 10.1. The van der Waals surface area contributed by atoms with E-state index < -0.39 is 5.91 Å². The number of amides is 1. The predicted molar refractivity (Wildman–Crippen MR) is 93.8 cm³/mol. The molecule has 2 aromatic rings. The molecule has 0 aliphatic rings. The fourth-order valence-electron chi connectivity index (χ4n) is 2.15. The van der Waals surface area contributed by atoms with Gasteiger partial charge in [-0.2, -0.15) is 10.2 Å². The lowest BCUT2D eigenvalue weighted by Gasteiger charge is -2.12. The topological polar surface area (TPSA) is 97.8 Å². The molecule has 8 heteroatoms. The van der Waals surface area contributed by atoms with Crippen molar-refractivity contribution >= 4 is 12.1 Å². The molecule has 0 saturated carbocycles. The summed E-state index contributed by atoms with van der Waals surface area (Å²) in [5.41, 5.74) is 4.29. The summed E-state index contributed by atoms with van der Waals surface area (Å²) >= 11 is 0. The van der Waals surface area contributed by atoms with Gasteiger partial charge in [-0.1, -0.05) is 13.8 Å². The van der Waals surface area contributed by atoms with Crippen LogP contribution >= 0.6 is 0 Å². The average Bonchev–Trinajstić information content (AvgIpc) is 3.11. The minimum atomic E-state index is -0.396. The molecule has 0 atom stereocenters. The molecule has 2 rings (SSSR count). The highest BCUT2D eigenvalue weighted by Gasteiger charge is 2.13. The zero-order chi connectivity index (χ0) is 18.4. The van der Waals surface area contributed by atoms with Crippen LogP contribution in [0.4, 0.5) is 0 Å². The summed E-state index contributed by atoms with van der Waals surface area (Å²) in [4.78, 5) is 12.0. The predicted octanol–water partition coefficient (Wildman–Crippen LogP) is 2.32. The molecule has 0 aliphatic heterocycles. The zero-order valence-electron chi connectivity index (χ0n) is 14.9. The molecule has 1 aromatic heterocycles. The molecule has 0 fully saturated rings. The van der Waals surface area contributed by atoms with E-state index in [4.69, 9.17) is 14.2 Å². The van der Waals surface area contributed by atoms with Crippen LogP contribution in [0, 0.1) is 0 Å². The number of rotatable bonds is 7. The first kappa shape index (κ1) is 18.3. The number of aromatic amines is 1. The van der Waals surface area contributed by atoms with Gasteiger partial charge in [-0.3, -0.25) is 9.89 Å². The van der Waals surface area contributed by atoms with E-state index in [1.165, 1.54) is 27.5 Å². The fourth-order valence-corrected chi connectivity index (χ4v) is 2.15. The van der Waals surface area contributed by atoms with E-state index in [0.717, 1.165) is 5.69 Å². The minimum Gasteiger partial charge on any atom is -0.493 e.